The minimum absolute atomic E-state index is 0.171. The predicted molar refractivity (Wildman–Crippen MR) is 130 cm³/mol. The van der Waals surface area contributed by atoms with Crippen LogP contribution in [0.1, 0.15) is 10.4 Å². The van der Waals surface area contributed by atoms with Gasteiger partial charge in [0.25, 0.3) is 5.91 Å². The molecule has 0 bridgehead atoms. The molecule has 0 aliphatic rings. The van der Waals surface area contributed by atoms with Crippen LogP contribution in [0.4, 0.5) is 5.69 Å². The Labute approximate surface area is 197 Å². The first-order valence-corrected chi connectivity index (χ1v) is 12.2. The second kappa shape index (κ2) is 9.40. The molecular weight excluding hydrogens is 454 g/mol. The number of methoxy groups -OCH3 is 2. The predicted octanol–water partition coefficient (Wildman–Crippen LogP) is 4.21. The Kier molecular flexibility index (Phi) is 6.38. The molecule has 4 rings (SSSR count). The maximum absolute atomic E-state index is 13.3. The molecule has 9 heteroatoms. The first-order valence-electron chi connectivity index (χ1n) is 10.3. The Morgan fingerprint density at radius 2 is 1.65 bits per heavy atom. The van der Waals surface area contributed by atoms with Gasteiger partial charge in [-0.25, -0.2) is 13.1 Å². The van der Waals surface area contributed by atoms with Gasteiger partial charge in [-0.2, -0.15) is 5.10 Å². The fourth-order valence-electron chi connectivity index (χ4n) is 3.44. The molecule has 1 aromatic heterocycles. The molecule has 0 atom stereocenters. The Morgan fingerprint density at radius 3 is 2.26 bits per heavy atom. The largest absolute Gasteiger partial charge is 0.497 e. The van der Waals surface area contributed by atoms with Crippen LogP contribution in [0.15, 0.2) is 83.9 Å². The van der Waals surface area contributed by atoms with Gasteiger partial charge in [0.15, 0.2) is 9.84 Å². The van der Waals surface area contributed by atoms with Crippen LogP contribution in [0.2, 0.25) is 0 Å². The van der Waals surface area contributed by atoms with Gasteiger partial charge in [0, 0.05) is 23.7 Å². The van der Waals surface area contributed by atoms with Gasteiger partial charge in [-0.05, 0) is 54.6 Å². The average molecular weight is 478 g/mol. The second-order valence-electron chi connectivity index (χ2n) is 7.49. The highest BCUT2D eigenvalue weighted by Crippen LogP contribution is 2.35. The van der Waals surface area contributed by atoms with Crippen LogP contribution in [0, 0.1) is 0 Å². The highest BCUT2D eigenvalue weighted by Gasteiger charge is 2.22. The topological polar surface area (TPSA) is 99.5 Å². The second-order valence-corrected chi connectivity index (χ2v) is 9.50. The van der Waals surface area contributed by atoms with Crippen molar-refractivity contribution < 1.29 is 22.7 Å². The number of carbonyl (C=O) groups excluding carboxylic acids is 1. The molecular formula is C25H23N3O5S. The number of rotatable bonds is 7. The number of anilines is 1. The summed E-state index contributed by atoms with van der Waals surface area (Å²) in [5, 5.41) is 7.50. The quantitative estimate of drug-likeness (QED) is 0.428. The molecule has 34 heavy (non-hydrogen) atoms. The summed E-state index contributed by atoms with van der Waals surface area (Å²) in [6.07, 6.45) is 2.77. The lowest BCUT2D eigenvalue weighted by Gasteiger charge is -2.11. The standard InChI is InChI=1S/C25H23N3O5S/c1-32-19-11-14-23(33-2)21(15-19)24-22(16-28(27-24)18-7-5-4-6-8-18)25(29)26-17-9-12-20(13-10-17)34(3,30)31/h4-16H,1-3H3,(H,26,29). The van der Waals surface area contributed by atoms with E-state index in [0.717, 1.165) is 11.9 Å². The van der Waals surface area contributed by atoms with E-state index in [1.807, 2.05) is 30.3 Å². The fraction of sp³-hybridized carbons (Fsp3) is 0.120. The summed E-state index contributed by atoms with van der Waals surface area (Å²) in [6, 6.07) is 20.7. The number of para-hydroxylation sites is 1. The SMILES string of the molecule is COc1ccc(OC)c(-c2nn(-c3ccccc3)cc2C(=O)Nc2ccc(S(C)(=O)=O)cc2)c1. The van der Waals surface area contributed by atoms with E-state index in [1.54, 1.807) is 55.4 Å². The molecule has 0 aliphatic carbocycles. The number of aromatic nitrogens is 2. The molecule has 4 aromatic rings. The number of nitrogens with one attached hydrogen (secondary N) is 1. The summed E-state index contributed by atoms with van der Waals surface area (Å²) in [4.78, 5) is 13.5. The maximum atomic E-state index is 13.3. The maximum Gasteiger partial charge on any atom is 0.259 e. The van der Waals surface area contributed by atoms with Crippen molar-refractivity contribution in [3.8, 4) is 28.4 Å². The van der Waals surface area contributed by atoms with Crippen LogP contribution >= 0.6 is 0 Å². The molecule has 1 heterocycles. The number of amides is 1. The van der Waals surface area contributed by atoms with Crippen molar-refractivity contribution in [2.24, 2.45) is 0 Å². The number of sulfone groups is 1. The van der Waals surface area contributed by atoms with E-state index in [2.05, 4.69) is 10.4 Å². The van der Waals surface area contributed by atoms with E-state index in [0.29, 0.717) is 34.0 Å². The van der Waals surface area contributed by atoms with Crippen molar-refractivity contribution in [1.29, 1.82) is 0 Å². The summed E-state index contributed by atoms with van der Waals surface area (Å²) in [5.41, 5.74) is 2.54. The third-order valence-electron chi connectivity index (χ3n) is 5.18. The molecule has 1 N–H and O–H groups in total. The van der Waals surface area contributed by atoms with Crippen LogP contribution in [-0.2, 0) is 9.84 Å². The lowest BCUT2D eigenvalue weighted by Crippen LogP contribution is -2.12. The molecule has 0 fully saturated rings. The van der Waals surface area contributed by atoms with Gasteiger partial charge in [-0.3, -0.25) is 4.79 Å². The number of hydrogen-bond donors (Lipinski definition) is 1. The van der Waals surface area contributed by atoms with Gasteiger partial charge >= 0.3 is 0 Å². The van der Waals surface area contributed by atoms with Crippen LogP contribution in [0.5, 0.6) is 11.5 Å². The molecule has 1 amide bonds. The van der Waals surface area contributed by atoms with Crippen molar-refractivity contribution in [3.63, 3.8) is 0 Å². The van der Waals surface area contributed by atoms with E-state index in [1.165, 1.54) is 12.1 Å². The molecule has 174 valence electrons. The Balaban J connectivity index is 1.78. The van der Waals surface area contributed by atoms with E-state index in [4.69, 9.17) is 9.47 Å². The summed E-state index contributed by atoms with van der Waals surface area (Å²) in [5.74, 6) is 0.715. The van der Waals surface area contributed by atoms with Crippen LogP contribution in [0.25, 0.3) is 16.9 Å². The zero-order valence-electron chi connectivity index (χ0n) is 18.8. The third-order valence-corrected chi connectivity index (χ3v) is 6.31. The average Bonchev–Trinajstić information content (AvgIpc) is 3.29. The van der Waals surface area contributed by atoms with E-state index >= 15 is 0 Å². The summed E-state index contributed by atoms with van der Waals surface area (Å²) in [6.45, 7) is 0. The Hall–Kier alpha value is -4.11. The van der Waals surface area contributed by atoms with E-state index in [9.17, 15) is 13.2 Å². The Morgan fingerprint density at radius 1 is 0.941 bits per heavy atom. The number of hydrogen-bond acceptors (Lipinski definition) is 6. The molecule has 0 saturated heterocycles. The smallest absolute Gasteiger partial charge is 0.259 e. The number of benzene rings is 3. The van der Waals surface area contributed by atoms with Gasteiger partial charge in [0.05, 0.1) is 30.4 Å². The molecule has 3 aromatic carbocycles. The van der Waals surface area contributed by atoms with Crippen molar-refractivity contribution in [2.75, 3.05) is 25.8 Å². The lowest BCUT2D eigenvalue weighted by molar-refractivity contribution is 0.102. The molecule has 0 spiro atoms. The summed E-state index contributed by atoms with van der Waals surface area (Å²) in [7, 11) is -0.235. The van der Waals surface area contributed by atoms with Gasteiger partial charge in [0.1, 0.15) is 17.2 Å². The number of nitrogens with zero attached hydrogens (tertiary/aromatic N) is 2. The van der Waals surface area contributed by atoms with Gasteiger partial charge < -0.3 is 14.8 Å². The lowest BCUT2D eigenvalue weighted by atomic mass is 10.1. The fourth-order valence-corrected chi connectivity index (χ4v) is 4.07. The highest BCUT2D eigenvalue weighted by molar-refractivity contribution is 7.90. The van der Waals surface area contributed by atoms with Crippen molar-refractivity contribution in [2.45, 2.75) is 4.90 Å². The first-order chi connectivity index (χ1) is 16.3. The van der Waals surface area contributed by atoms with Crippen molar-refractivity contribution in [1.82, 2.24) is 9.78 Å². The zero-order valence-corrected chi connectivity index (χ0v) is 19.7. The third kappa shape index (κ3) is 4.79. The van der Waals surface area contributed by atoms with E-state index in [-0.39, 0.29) is 4.90 Å². The summed E-state index contributed by atoms with van der Waals surface area (Å²) < 4.78 is 35.9. The number of ether oxygens (including phenoxy) is 2. The van der Waals surface area contributed by atoms with Crippen LogP contribution in [0.3, 0.4) is 0 Å². The minimum atomic E-state index is -3.34. The van der Waals surface area contributed by atoms with Crippen LogP contribution in [-0.4, -0.2) is 44.6 Å². The summed E-state index contributed by atoms with van der Waals surface area (Å²) >= 11 is 0. The molecule has 0 radical (unpaired) electrons. The Bertz CT molecular complexity index is 1430. The van der Waals surface area contributed by atoms with E-state index < -0.39 is 15.7 Å². The van der Waals surface area contributed by atoms with Crippen LogP contribution < -0.4 is 14.8 Å². The molecule has 0 aliphatic heterocycles. The van der Waals surface area contributed by atoms with Crippen molar-refractivity contribution >= 4 is 21.4 Å². The van der Waals surface area contributed by atoms with Crippen molar-refractivity contribution in [3.05, 3.63) is 84.6 Å². The number of carbonyl (C=O) groups is 1. The van der Waals surface area contributed by atoms with Gasteiger partial charge in [-0.1, -0.05) is 18.2 Å². The van der Waals surface area contributed by atoms with Gasteiger partial charge in [-0.15, -0.1) is 0 Å². The molecule has 0 saturated carbocycles. The molecule has 0 unspecified atom stereocenters. The first kappa shape index (κ1) is 23.1. The van der Waals surface area contributed by atoms with Gasteiger partial charge in [0.2, 0.25) is 0 Å². The highest BCUT2D eigenvalue weighted by atomic mass is 32.2. The minimum Gasteiger partial charge on any atom is -0.497 e. The zero-order chi connectivity index (χ0) is 24.3. The normalized spacial score (nSPS) is 11.1. The monoisotopic (exact) mass is 477 g/mol. The molecule has 8 nitrogen and oxygen atoms in total.